The third kappa shape index (κ3) is 4.67. The molecule has 2 aromatic rings. The minimum absolute atomic E-state index is 0.0242. The zero-order valence-corrected chi connectivity index (χ0v) is 17.0. The fraction of sp³-hybridized carbons (Fsp3) is 0.471. The zero-order chi connectivity index (χ0) is 19.7. The van der Waals surface area contributed by atoms with Gasteiger partial charge >= 0.3 is 0 Å². The third-order valence-electron chi connectivity index (χ3n) is 4.57. The molecule has 0 aliphatic carbocycles. The molecule has 1 fully saturated rings. The average molecular weight is 463 g/mol. The first-order valence-corrected chi connectivity index (χ1v) is 11.0. The number of imidazole rings is 1. The summed E-state index contributed by atoms with van der Waals surface area (Å²) in [5.74, 6) is -1.94. The number of hydrogen-bond acceptors (Lipinski definition) is 5. The molecule has 0 spiro atoms. The number of anilines is 1. The number of alkyl halides is 2. The Bertz CT molecular complexity index is 917. The lowest BCUT2D eigenvalue weighted by molar-refractivity contribution is 0.0257. The van der Waals surface area contributed by atoms with Gasteiger partial charge in [0.25, 0.3) is 5.92 Å². The molecule has 1 saturated heterocycles. The lowest BCUT2D eigenvalue weighted by atomic mass is 10.3. The van der Waals surface area contributed by atoms with E-state index in [1.54, 1.807) is 40.1 Å². The molecule has 27 heavy (non-hydrogen) atoms. The molecule has 1 atom stereocenters. The molecule has 0 saturated carbocycles. The molecule has 1 unspecified atom stereocenters. The first kappa shape index (κ1) is 20.2. The van der Waals surface area contributed by atoms with Gasteiger partial charge in [-0.1, -0.05) is 0 Å². The van der Waals surface area contributed by atoms with E-state index in [9.17, 15) is 13.0 Å². The molecule has 1 aromatic heterocycles. The molecule has 1 aliphatic rings. The van der Waals surface area contributed by atoms with Crippen LogP contribution < -0.4 is 4.90 Å². The van der Waals surface area contributed by atoms with Gasteiger partial charge < -0.3 is 14.6 Å². The summed E-state index contributed by atoms with van der Waals surface area (Å²) in [6, 6.07) is 4.80. The number of benzene rings is 1. The second kappa shape index (κ2) is 7.84. The largest absolute Gasteiger partial charge is 0.395 e. The zero-order valence-electron chi connectivity index (χ0n) is 14.6. The van der Waals surface area contributed by atoms with Crippen molar-refractivity contribution in [1.29, 1.82) is 4.78 Å². The molecule has 1 aliphatic heterocycles. The Morgan fingerprint density at radius 1 is 1.41 bits per heavy atom. The van der Waals surface area contributed by atoms with E-state index in [2.05, 4.69) is 20.9 Å². The molecule has 0 radical (unpaired) electrons. The van der Waals surface area contributed by atoms with Crippen LogP contribution in [0.5, 0.6) is 0 Å². The summed E-state index contributed by atoms with van der Waals surface area (Å²) in [4.78, 5) is 6.12. The number of aryl methyl sites for hydroxylation is 1. The summed E-state index contributed by atoms with van der Waals surface area (Å²) in [6.07, 6.45) is 3.49. The van der Waals surface area contributed by atoms with Gasteiger partial charge in [-0.2, -0.15) is 0 Å². The topological polar surface area (TPSA) is 82.2 Å². The second-order valence-corrected chi connectivity index (χ2v) is 9.62. The molecule has 2 heterocycles. The molecule has 148 valence electrons. The lowest BCUT2D eigenvalue weighted by Gasteiger charge is -2.20. The smallest absolute Gasteiger partial charge is 0.266 e. The van der Waals surface area contributed by atoms with Crippen molar-refractivity contribution >= 4 is 31.3 Å². The van der Waals surface area contributed by atoms with Crippen LogP contribution in [-0.2, 0) is 22.7 Å². The van der Waals surface area contributed by atoms with Crippen LogP contribution in [0.2, 0.25) is 0 Å². The highest BCUT2D eigenvalue weighted by Gasteiger charge is 2.38. The fourth-order valence-electron chi connectivity index (χ4n) is 3.12. The molecule has 2 N–H and O–H groups in total. The SMILES string of the molecule is N=S(=O)(CCc1nccn1CCO)c1ccc(N2CCC(F)(F)C2)c(Br)c1. The van der Waals surface area contributed by atoms with E-state index in [4.69, 9.17) is 9.89 Å². The van der Waals surface area contributed by atoms with Crippen LogP contribution in [0.3, 0.4) is 0 Å². The molecule has 1 aromatic carbocycles. The molecular formula is C17H21BrF2N4O2S. The van der Waals surface area contributed by atoms with Crippen molar-refractivity contribution in [3.05, 3.63) is 40.9 Å². The third-order valence-corrected chi connectivity index (χ3v) is 7.00. The first-order valence-electron chi connectivity index (χ1n) is 8.51. The van der Waals surface area contributed by atoms with Crippen molar-refractivity contribution in [1.82, 2.24) is 9.55 Å². The van der Waals surface area contributed by atoms with E-state index in [1.807, 2.05) is 0 Å². The Morgan fingerprint density at radius 2 is 2.19 bits per heavy atom. The van der Waals surface area contributed by atoms with Crippen molar-refractivity contribution < 1.29 is 18.1 Å². The van der Waals surface area contributed by atoms with Crippen molar-refractivity contribution in [2.45, 2.75) is 30.2 Å². The maximum atomic E-state index is 13.4. The summed E-state index contributed by atoms with van der Waals surface area (Å²) in [6.45, 7) is 0.294. The van der Waals surface area contributed by atoms with E-state index >= 15 is 0 Å². The highest BCUT2D eigenvalue weighted by atomic mass is 79.9. The van der Waals surface area contributed by atoms with Gasteiger partial charge in [0.2, 0.25) is 0 Å². The number of rotatable bonds is 7. The van der Waals surface area contributed by atoms with E-state index in [1.165, 1.54) is 0 Å². The van der Waals surface area contributed by atoms with Crippen molar-refractivity contribution in [2.75, 3.05) is 30.3 Å². The van der Waals surface area contributed by atoms with E-state index in [0.29, 0.717) is 33.8 Å². The summed E-state index contributed by atoms with van der Waals surface area (Å²) in [5, 5.41) is 9.05. The van der Waals surface area contributed by atoms with Crippen molar-refractivity contribution in [3.8, 4) is 0 Å². The van der Waals surface area contributed by atoms with Gasteiger partial charge in [0, 0.05) is 53.4 Å². The van der Waals surface area contributed by atoms with Crippen LogP contribution in [0.4, 0.5) is 14.5 Å². The predicted octanol–water partition coefficient (Wildman–Crippen LogP) is 3.13. The first-order chi connectivity index (χ1) is 12.7. The van der Waals surface area contributed by atoms with Gasteiger partial charge in [0.1, 0.15) is 5.82 Å². The highest BCUT2D eigenvalue weighted by molar-refractivity contribution is 9.10. The van der Waals surface area contributed by atoms with Gasteiger partial charge in [-0.05, 0) is 34.1 Å². The second-order valence-electron chi connectivity index (χ2n) is 6.53. The standard InChI is InChI=1S/C17H21BrF2N4O2S/c18-14-11-13(1-2-15(14)24-6-4-17(19,20)12-24)27(21,26)10-3-16-22-5-7-23(16)8-9-25/h1-2,5,7,11,21,25H,3-4,6,8-10,12H2. The summed E-state index contributed by atoms with van der Waals surface area (Å²) in [7, 11) is -3.07. The number of hydrogen-bond donors (Lipinski definition) is 2. The number of halogens is 3. The number of nitrogens with zero attached hydrogens (tertiary/aromatic N) is 3. The van der Waals surface area contributed by atoms with Gasteiger partial charge in [-0.15, -0.1) is 0 Å². The Balaban J connectivity index is 1.73. The molecule has 0 amide bonds. The predicted molar refractivity (Wildman–Crippen MR) is 103 cm³/mol. The van der Waals surface area contributed by atoms with Crippen LogP contribution in [0, 0.1) is 4.78 Å². The number of nitrogens with one attached hydrogen (secondary N) is 1. The van der Waals surface area contributed by atoms with E-state index in [0.717, 1.165) is 0 Å². The van der Waals surface area contributed by atoms with Crippen LogP contribution in [0.25, 0.3) is 0 Å². The molecule has 10 heteroatoms. The minimum atomic E-state index is -3.07. The number of aliphatic hydroxyl groups is 1. The van der Waals surface area contributed by atoms with Gasteiger partial charge in [0.15, 0.2) is 0 Å². The van der Waals surface area contributed by atoms with Crippen molar-refractivity contribution in [3.63, 3.8) is 0 Å². The van der Waals surface area contributed by atoms with Gasteiger partial charge in [-0.25, -0.2) is 22.8 Å². The van der Waals surface area contributed by atoms with Crippen LogP contribution in [-0.4, -0.2) is 50.2 Å². The average Bonchev–Trinajstić information content (AvgIpc) is 3.19. The Morgan fingerprint density at radius 3 is 2.81 bits per heavy atom. The van der Waals surface area contributed by atoms with Gasteiger partial charge in [-0.3, -0.25) is 0 Å². The Labute approximate surface area is 165 Å². The summed E-state index contributed by atoms with van der Waals surface area (Å²) in [5.41, 5.74) is 0.615. The normalized spacial score (nSPS) is 18.6. The highest BCUT2D eigenvalue weighted by Crippen LogP contribution is 2.36. The Hall–Kier alpha value is -1.52. The molecule has 3 rings (SSSR count). The van der Waals surface area contributed by atoms with Crippen LogP contribution >= 0.6 is 15.9 Å². The fourth-order valence-corrected chi connectivity index (χ4v) is 5.21. The lowest BCUT2D eigenvalue weighted by Crippen LogP contribution is -2.25. The number of aliphatic hydroxyl groups excluding tert-OH is 1. The van der Waals surface area contributed by atoms with Crippen LogP contribution in [0.15, 0.2) is 40.0 Å². The maximum Gasteiger partial charge on any atom is 0.266 e. The van der Waals surface area contributed by atoms with E-state index < -0.39 is 15.7 Å². The van der Waals surface area contributed by atoms with Crippen molar-refractivity contribution in [2.24, 2.45) is 0 Å². The molecule has 6 nitrogen and oxygen atoms in total. The number of aromatic nitrogens is 2. The van der Waals surface area contributed by atoms with E-state index in [-0.39, 0.29) is 31.9 Å². The summed E-state index contributed by atoms with van der Waals surface area (Å²) < 4.78 is 50.3. The maximum absolute atomic E-state index is 13.4. The quantitative estimate of drug-likeness (QED) is 0.661. The molecular weight excluding hydrogens is 442 g/mol. The van der Waals surface area contributed by atoms with Gasteiger partial charge in [0.05, 0.1) is 28.6 Å². The molecule has 0 bridgehead atoms. The minimum Gasteiger partial charge on any atom is -0.395 e. The monoisotopic (exact) mass is 462 g/mol. The van der Waals surface area contributed by atoms with Crippen LogP contribution in [0.1, 0.15) is 12.2 Å². The Kier molecular flexibility index (Phi) is 5.87. The summed E-state index contributed by atoms with van der Waals surface area (Å²) >= 11 is 3.37.